The Hall–Kier alpha value is -1.10. The monoisotopic (exact) mass is 255 g/mol. The number of nitrogens with zero attached hydrogens (tertiary/aromatic N) is 1. The van der Waals surface area contributed by atoms with Crippen molar-refractivity contribution >= 4 is 11.8 Å². The first-order chi connectivity index (χ1) is 8.67. The lowest BCUT2D eigenvalue weighted by Crippen LogP contribution is -2.42. The summed E-state index contributed by atoms with van der Waals surface area (Å²) < 4.78 is 0. The van der Waals surface area contributed by atoms with Crippen LogP contribution < -0.4 is 10.6 Å². The first-order valence-electron chi connectivity index (χ1n) is 6.96. The van der Waals surface area contributed by atoms with E-state index in [9.17, 15) is 9.59 Å². The van der Waals surface area contributed by atoms with Crippen LogP contribution in [0.1, 0.15) is 39.5 Å². The first kappa shape index (κ1) is 15.0. The number of amides is 2. The summed E-state index contributed by atoms with van der Waals surface area (Å²) in [6, 6.07) is -0.305. The van der Waals surface area contributed by atoms with Crippen LogP contribution in [0.5, 0.6) is 0 Å². The van der Waals surface area contributed by atoms with Crippen LogP contribution in [0, 0.1) is 0 Å². The molecule has 2 N–H and O–H groups in total. The van der Waals surface area contributed by atoms with E-state index in [4.69, 9.17) is 0 Å². The summed E-state index contributed by atoms with van der Waals surface area (Å²) in [6.07, 6.45) is 3.19. The molecule has 0 aromatic heterocycles. The van der Waals surface area contributed by atoms with Crippen molar-refractivity contribution in [1.82, 2.24) is 15.5 Å². The Bertz CT molecular complexity index is 277. The van der Waals surface area contributed by atoms with Crippen molar-refractivity contribution in [3.05, 3.63) is 0 Å². The molecule has 1 rings (SSSR count). The van der Waals surface area contributed by atoms with E-state index in [1.54, 1.807) is 0 Å². The molecule has 5 nitrogen and oxygen atoms in total. The maximum Gasteiger partial charge on any atom is 0.242 e. The third-order valence-electron chi connectivity index (χ3n) is 3.41. The van der Waals surface area contributed by atoms with Gasteiger partial charge in [-0.1, -0.05) is 13.8 Å². The largest absolute Gasteiger partial charge is 0.354 e. The number of rotatable bonds is 8. The van der Waals surface area contributed by atoms with E-state index in [0.29, 0.717) is 19.4 Å². The van der Waals surface area contributed by atoms with Gasteiger partial charge in [0.1, 0.15) is 6.04 Å². The first-order valence-corrected chi connectivity index (χ1v) is 6.96. The molecule has 1 aliphatic heterocycles. The SMILES string of the molecule is CCN(CC)CCCCNC(=O)C1CCC(=O)N1. The number of carbonyl (C=O) groups is 2. The fourth-order valence-electron chi connectivity index (χ4n) is 2.15. The van der Waals surface area contributed by atoms with Gasteiger partial charge in [0.25, 0.3) is 0 Å². The molecule has 18 heavy (non-hydrogen) atoms. The van der Waals surface area contributed by atoms with Gasteiger partial charge in [-0.3, -0.25) is 9.59 Å². The molecule has 0 aromatic rings. The Morgan fingerprint density at radius 2 is 2.11 bits per heavy atom. The summed E-state index contributed by atoms with van der Waals surface area (Å²) in [5.41, 5.74) is 0. The lowest BCUT2D eigenvalue weighted by Gasteiger charge is -2.17. The van der Waals surface area contributed by atoms with E-state index in [1.165, 1.54) is 0 Å². The predicted octanol–water partition coefficient (Wildman–Crippen LogP) is 0.503. The lowest BCUT2D eigenvalue weighted by atomic mass is 10.2. The zero-order valence-corrected chi connectivity index (χ0v) is 11.5. The Labute approximate surface area is 109 Å². The highest BCUT2D eigenvalue weighted by molar-refractivity contribution is 5.90. The maximum atomic E-state index is 11.7. The molecule has 2 amide bonds. The third-order valence-corrected chi connectivity index (χ3v) is 3.41. The van der Waals surface area contributed by atoms with Gasteiger partial charge in [-0.15, -0.1) is 0 Å². The van der Waals surface area contributed by atoms with Gasteiger partial charge in [-0.25, -0.2) is 0 Å². The molecule has 1 saturated heterocycles. The number of hydrogen-bond donors (Lipinski definition) is 2. The van der Waals surface area contributed by atoms with Crippen molar-refractivity contribution in [2.45, 2.75) is 45.6 Å². The second-order valence-electron chi connectivity index (χ2n) is 4.68. The fourth-order valence-corrected chi connectivity index (χ4v) is 2.15. The molecule has 0 saturated carbocycles. The predicted molar refractivity (Wildman–Crippen MR) is 71.2 cm³/mol. The molecule has 5 heteroatoms. The Balaban J connectivity index is 2.04. The van der Waals surface area contributed by atoms with E-state index in [2.05, 4.69) is 29.4 Å². The summed E-state index contributed by atoms with van der Waals surface area (Å²) >= 11 is 0. The van der Waals surface area contributed by atoms with Gasteiger partial charge in [-0.05, 0) is 38.9 Å². The molecular weight excluding hydrogens is 230 g/mol. The summed E-state index contributed by atoms with van der Waals surface area (Å²) in [6.45, 7) is 8.27. The standard InChI is InChI=1S/C13H25N3O2/c1-3-16(4-2)10-6-5-9-14-13(18)11-7-8-12(17)15-11/h11H,3-10H2,1-2H3,(H,14,18)(H,15,17). The van der Waals surface area contributed by atoms with Crippen molar-refractivity contribution < 1.29 is 9.59 Å². The van der Waals surface area contributed by atoms with Gasteiger partial charge in [0.15, 0.2) is 0 Å². The fraction of sp³-hybridized carbons (Fsp3) is 0.846. The topological polar surface area (TPSA) is 61.4 Å². The van der Waals surface area contributed by atoms with Gasteiger partial charge >= 0.3 is 0 Å². The summed E-state index contributed by atoms with van der Waals surface area (Å²) in [5, 5.41) is 5.55. The van der Waals surface area contributed by atoms with Crippen LogP contribution in [0.2, 0.25) is 0 Å². The van der Waals surface area contributed by atoms with Gasteiger partial charge in [0.05, 0.1) is 0 Å². The zero-order chi connectivity index (χ0) is 13.4. The molecule has 1 heterocycles. The molecule has 0 aliphatic carbocycles. The Morgan fingerprint density at radius 1 is 1.39 bits per heavy atom. The Kier molecular flexibility index (Phi) is 6.72. The van der Waals surface area contributed by atoms with Crippen molar-refractivity contribution in [3.8, 4) is 0 Å². The van der Waals surface area contributed by atoms with E-state index in [1.807, 2.05) is 0 Å². The quantitative estimate of drug-likeness (QED) is 0.621. The minimum atomic E-state index is -0.305. The van der Waals surface area contributed by atoms with Crippen molar-refractivity contribution in [3.63, 3.8) is 0 Å². The second kappa shape index (κ2) is 8.08. The van der Waals surface area contributed by atoms with Crippen LogP contribution in [0.25, 0.3) is 0 Å². The molecule has 104 valence electrons. The second-order valence-corrected chi connectivity index (χ2v) is 4.68. The van der Waals surface area contributed by atoms with Gasteiger partial charge in [-0.2, -0.15) is 0 Å². The van der Waals surface area contributed by atoms with Crippen LogP contribution in [-0.2, 0) is 9.59 Å². The van der Waals surface area contributed by atoms with E-state index < -0.39 is 0 Å². The summed E-state index contributed by atoms with van der Waals surface area (Å²) in [7, 11) is 0. The number of nitrogens with one attached hydrogen (secondary N) is 2. The van der Waals surface area contributed by atoms with Crippen LogP contribution in [0.4, 0.5) is 0 Å². The lowest BCUT2D eigenvalue weighted by molar-refractivity contribution is -0.125. The minimum Gasteiger partial charge on any atom is -0.354 e. The maximum absolute atomic E-state index is 11.7. The number of unbranched alkanes of at least 4 members (excludes halogenated alkanes) is 1. The van der Waals surface area contributed by atoms with Crippen molar-refractivity contribution in [2.75, 3.05) is 26.2 Å². The molecule has 1 fully saturated rings. The molecule has 0 aromatic carbocycles. The smallest absolute Gasteiger partial charge is 0.242 e. The number of carbonyl (C=O) groups excluding carboxylic acids is 2. The highest BCUT2D eigenvalue weighted by Crippen LogP contribution is 2.06. The van der Waals surface area contributed by atoms with Crippen LogP contribution in [0.15, 0.2) is 0 Å². The minimum absolute atomic E-state index is 0.0170. The molecule has 0 spiro atoms. The van der Waals surface area contributed by atoms with E-state index in [0.717, 1.165) is 32.5 Å². The average molecular weight is 255 g/mol. The summed E-state index contributed by atoms with van der Waals surface area (Å²) in [4.78, 5) is 25.0. The van der Waals surface area contributed by atoms with Crippen LogP contribution >= 0.6 is 0 Å². The molecule has 1 unspecified atom stereocenters. The van der Waals surface area contributed by atoms with Crippen LogP contribution in [-0.4, -0.2) is 48.9 Å². The molecule has 0 bridgehead atoms. The molecular formula is C13H25N3O2. The van der Waals surface area contributed by atoms with Crippen molar-refractivity contribution in [2.24, 2.45) is 0 Å². The van der Waals surface area contributed by atoms with Gasteiger partial charge in [0, 0.05) is 13.0 Å². The third kappa shape index (κ3) is 5.04. The molecule has 1 atom stereocenters. The zero-order valence-electron chi connectivity index (χ0n) is 11.5. The number of hydrogen-bond acceptors (Lipinski definition) is 3. The van der Waals surface area contributed by atoms with Crippen LogP contribution in [0.3, 0.4) is 0 Å². The molecule has 1 aliphatic rings. The summed E-state index contributed by atoms with van der Waals surface area (Å²) in [5.74, 6) is -0.0552. The Morgan fingerprint density at radius 3 is 2.67 bits per heavy atom. The van der Waals surface area contributed by atoms with Gasteiger partial charge in [0.2, 0.25) is 11.8 Å². The van der Waals surface area contributed by atoms with E-state index >= 15 is 0 Å². The highest BCUT2D eigenvalue weighted by Gasteiger charge is 2.26. The normalized spacial score (nSPS) is 19.1. The van der Waals surface area contributed by atoms with Crippen molar-refractivity contribution in [1.29, 1.82) is 0 Å². The highest BCUT2D eigenvalue weighted by atomic mass is 16.2. The van der Waals surface area contributed by atoms with E-state index in [-0.39, 0.29) is 17.9 Å². The average Bonchev–Trinajstić information content (AvgIpc) is 2.80. The molecule has 0 radical (unpaired) electrons. The van der Waals surface area contributed by atoms with Gasteiger partial charge < -0.3 is 15.5 Å².